The number of carbonyl (C=O) groups is 1. The summed E-state index contributed by atoms with van der Waals surface area (Å²) in [6.45, 7) is 0.307. The van der Waals surface area contributed by atoms with E-state index in [4.69, 9.17) is 9.05 Å². The van der Waals surface area contributed by atoms with Crippen LogP contribution in [0, 0.1) is 0 Å². The number of aliphatic hydroxyl groups is 1. The number of halogens is 3. The molecule has 1 saturated carbocycles. The highest BCUT2D eigenvalue weighted by molar-refractivity contribution is 5.91. The molecule has 7 rings (SSSR count). The average molecular weight is 743 g/mol. The molecule has 1 N–H and O–H groups in total. The Kier molecular flexibility index (Phi) is 8.50. The highest BCUT2D eigenvalue weighted by Gasteiger charge is 2.56. The molecular weight excluding hydrogens is 709 g/mol. The standard InChI is InChI=1S/C32H33F3N10O8/c1-16(46)20-11-18(52-38-20)13-43-28(48)24-26(42(4)29(43)49)37-22(41(24)3)9-10-31(51,32(33,34)35)21-12-19(53-39-21)14-44-27(47)23-25(36-15-40(23)2)45(30(44)50)17-7-5-6-8-17/h11-12,15,17,51H,5-10,13-14H2,1-4H3. The Hall–Kier alpha value is -5.86. The van der Waals surface area contributed by atoms with E-state index >= 15 is 0 Å². The Bertz CT molecular complexity index is 2660. The van der Waals surface area contributed by atoms with Crippen LogP contribution in [-0.2, 0) is 46.3 Å². The van der Waals surface area contributed by atoms with Gasteiger partial charge in [-0.3, -0.25) is 32.7 Å². The van der Waals surface area contributed by atoms with Gasteiger partial charge in [-0.1, -0.05) is 23.2 Å². The molecule has 6 aromatic heterocycles. The smallest absolute Gasteiger partial charge is 0.375 e. The Morgan fingerprint density at radius 1 is 0.887 bits per heavy atom. The first kappa shape index (κ1) is 35.5. The average Bonchev–Trinajstić information content (AvgIpc) is 3.95. The van der Waals surface area contributed by atoms with Gasteiger partial charge in [0.05, 0.1) is 19.4 Å². The van der Waals surface area contributed by atoms with Gasteiger partial charge in [0.25, 0.3) is 11.1 Å². The Morgan fingerprint density at radius 3 is 2.15 bits per heavy atom. The fourth-order valence-electron chi connectivity index (χ4n) is 6.91. The van der Waals surface area contributed by atoms with E-state index in [2.05, 4.69) is 20.3 Å². The van der Waals surface area contributed by atoms with E-state index < -0.39 is 65.1 Å². The lowest BCUT2D eigenvalue weighted by molar-refractivity contribution is -0.271. The summed E-state index contributed by atoms with van der Waals surface area (Å²) in [5.74, 6) is -0.713. The summed E-state index contributed by atoms with van der Waals surface area (Å²) in [7, 11) is 4.28. The second-order valence-electron chi connectivity index (χ2n) is 13.3. The summed E-state index contributed by atoms with van der Waals surface area (Å²) in [6, 6.07) is 1.91. The van der Waals surface area contributed by atoms with Gasteiger partial charge < -0.3 is 23.3 Å². The maximum Gasteiger partial charge on any atom is 0.423 e. The zero-order valence-electron chi connectivity index (χ0n) is 28.9. The summed E-state index contributed by atoms with van der Waals surface area (Å²) in [4.78, 5) is 73.9. The first-order chi connectivity index (χ1) is 25.0. The number of Topliss-reactive ketones (excluding diaryl/α,β-unsaturated/α-hetero) is 1. The van der Waals surface area contributed by atoms with E-state index in [-0.39, 0.29) is 58.0 Å². The molecule has 1 fully saturated rings. The SMILES string of the molecule is CC(=O)c1cc(Cn2c(=O)c3c(nc(CCC(O)(c4cc(Cn5c(=O)c6c(ncn6C)n(C6CCCC6)c5=O)on4)C(F)(F)F)n3C)n(C)c2=O)on1. The predicted octanol–water partition coefficient (Wildman–Crippen LogP) is 1.42. The normalized spacial score (nSPS) is 15.2. The van der Waals surface area contributed by atoms with Crippen molar-refractivity contribution in [2.24, 2.45) is 21.1 Å². The maximum absolute atomic E-state index is 14.7. The Morgan fingerprint density at radius 2 is 1.51 bits per heavy atom. The number of fused-ring (bicyclic) bond motifs is 2. The van der Waals surface area contributed by atoms with Gasteiger partial charge >= 0.3 is 17.6 Å². The van der Waals surface area contributed by atoms with E-state index in [0.717, 1.165) is 32.6 Å². The minimum Gasteiger partial charge on any atom is -0.375 e. The quantitative estimate of drug-likeness (QED) is 0.198. The third kappa shape index (κ3) is 5.74. The van der Waals surface area contributed by atoms with Crippen molar-refractivity contribution in [3.63, 3.8) is 0 Å². The van der Waals surface area contributed by atoms with Gasteiger partial charge in [0.15, 0.2) is 39.6 Å². The van der Waals surface area contributed by atoms with Crippen LogP contribution in [0.5, 0.6) is 0 Å². The Balaban J connectivity index is 1.20. The topological polar surface area (TPSA) is 213 Å². The molecule has 6 aromatic rings. The van der Waals surface area contributed by atoms with Crippen molar-refractivity contribution in [2.45, 2.75) is 76.4 Å². The molecule has 1 unspecified atom stereocenters. The summed E-state index contributed by atoms with van der Waals surface area (Å²) in [5.41, 5.74) is -7.47. The number of nitrogens with zero attached hydrogens (tertiary/aromatic N) is 10. The number of aromatic nitrogens is 10. The van der Waals surface area contributed by atoms with Crippen LogP contribution in [0.25, 0.3) is 22.3 Å². The van der Waals surface area contributed by atoms with E-state index in [1.54, 1.807) is 7.05 Å². The van der Waals surface area contributed by atoms with Gasteiger partial charge in [0, 0.05) is 52.7 Å². The molecule has 1 atom stereocenters. The van der Waals surface area contributed by atoms with Crippen LogP contribution in [0.3, 0.4) is 0 Å². The van der Waals surface area contributed by atoms with Crippen molar-refractivity contribution < 1.29 is 32.1 Å². The molecular formula is C32H33F3N10O8. The number of aryl methyl sites for hydroxylation is 4. The zero-order chi connectivity index (χ0) is 38.1. The molecule has 53 heavy (non-hydrogen) atoms. The molecule has 18 nitrogen and oxygen atoms in total. The molecule has 1 aliphatic rings. The van der Waals surface area contributed by atoms with Crippen molar-refractivity contribution in [1.82, 2.24) is 47.7 Å². The first-order valence-electron chi connectivity index (χ1n) is 16.5. The van der Waals surface area contributed by atoms with Gasteiger partial charge in [0.2, 0.25) is 5.60 Å². The number of imidazole rings is 2. The van der Waals surface area contributed by atoms with Gasteiger partial charge in [-0.25, -0.2) is 19.6 Å². The van der Waals surface area contributed by atoms with Crippen molar-refractivity contribution in [2.75, 3.05) is 0 Å². The third-order valence-electron chi connectivity index (χ3n) is 9.88. The molecule has 280 valence electrons. The third-order valence-corrected chi connectivity index (χ3v) is 9.88. The summed E-state index contributed by atoms with van der Waals surface area (Å²) >= 11 is 0. The lowest BCUT2D eigenvalue weighted by atomic mass is 9.92. The molecule has 0 spiro atoms. The molecule has 0 saturated heterocycles. The molecule has 0 aromatic carbocycles. The largest absolute Gasteiger partial charge is 0.423 e. The van der Waals surface area contributed by atoms with Crippen LogP contribution in [0.1, 0.15) is 78.6 Å². The zero-order valence-corrected chi connectivity index (χ0v) is 28.9. The fourth-order valence-corrected chi connectivity index (χ4v) is 6.91. The second-order valence-corrected chi connectivity index (χ2v) is 13.3. The second kappa shape index (κ2) is 12.7. The maximum atomic E-state index is 14.7. The molecule has 0 amide bonds. The number of rotatable bonds is 10. The molecule has 6 heterocycles. The highest BCUT2D eigenvalue weighted by atomic mass is 19.4. The molecule has 1 aliphatic carbocycles. The summed E-state index contributed by atoms with van der Waals surface area (Å²) in [5, 5.41) is 18.3. The van der Waals surface area contributed by atoms with Crippen molar-refractivity contribution >= 4 is 28.1 Å². The number of carbonyl (C=O) groups excluding carboxylic acids is 1. The van der Waals surface area contributed by atoms with Gasteiger partial charge in [-0.15, -0.1) is 0 Å². The fraction of sp³-hybridized carbons (Fsp3) is 0.469. The Labute approximate surface area is 294 Å². The van der Waals surface area contributed by atoms with Crippen molar-refractivity contribution in [3.8, 4) is 0 Å². The monoisotopic (exact) mass is 742 g/mol. The van der Waals surface area contributed by atoms with Crippen LogP contribution in [-0.4, -0.2) is 64.7 Å². The minimum absolute atomic E-state index is 0.00662. The summed E-state index contributed by atoms with van der Waals surface area (Å²) < 4.78 is 61.0. The predicted molar refractivity (Wildman–Crippen MR) is 176 cm³/mol. The van der Waals surface area contributed by atoms with Gasteiger partial charge in [-0.05, 0) is 19.3 Å². The number of hydrogen-bond acceptors (Lipinski definition) is 12. The first-order valence-corrected chi connectivity index (χ1v) is 16.5. The molecule has 0 bridgehead atoms. The van der Waals surface area contributed by atoms with Crippen LogP contribution in [0.2, 0.25) is 0 Å². The lowest BCUT2D eigenvalue weighted by Crippen LogP contribution is -2.43. The van der Waals surface area contributed by atoms with Crippen molar-refractivity contribution in [3.05, 3.63) is 88.9 Å². The van der Waals surface area contributed by atoms with Crippen LogP contribution < -0.4 is 22.5 Å². The number of hydrogen-bond donors (Lipinski definition) is 1. The van der Waals surface area contributed by atoms with Crippen molar-refractivity contribution in [1.29, 1.82) is 0 Å². The van der Waals surface area contributed by atoms with Crippen LogP contribution >= 0.6 is 0 Å². The van der Waals surface area contributed by atoms with Gasteiger partial charge in [-0.2, -0.15) is 13.2 Å². The molecule has 21 heteroatoms. The number of ketones is 1. The molecule has 0 radical (unpaired) electrons. The highest BCUT2D eigenvalue weighted by Crippen LogP contribution is 2.42. The molecule has 0 aliphatic heterocycles. The minimum atomic E-state index is -5.29. The van der Waals surface area contributed by atoms with Gasteiger partial charge in [0.1, 0.15) is 17.2 Å². The van der Waals surface area contributed by atoms with Crippen LogP contribution in [0.4, 0.5) is 13.2 Å². The van der Waals surface area contributed by atoms with E-state index in [1.807, 2.05) is 0 Å². The lowest BCUT2D eigenvalue weighted by Gasteiger charge is -2.28. The van der Waals surface area contributed by atoms with E-state index in [0.29, 0.717) is 12.8 Å². The van der Waals surface area contributed by atoms with E-state index in [1.165, 1.54) is 47.1 Å². The van der Waals surface area contributed by atoms with Crippen LogP contribution in [0.15, 0.2) is 46.7 Å². The number of alkyl halides is 3. The summed E-state index contributed by atoms with van der Waals surface area (Å²) in [6.07, 6.45) is -2.33. The van der Waals surface area contributed by atoms with E-state index in [9.17, 15) is 42.3 Å².